The number of anilines is 1. The van der Waals surface area contributed by atoms with Gasteiger partial charge in [0.15, 0.2) is 0 Å². The lowest BCUT2D eigenvalue weighted by atomic mass is 10.3. The molecular weight excluding hydrogens is 361 g/mol. The average Bonchev–Trinajstić information content (AvgIpc) is 2.86. The molecule has 18 heavy (non-hydrogen) atoms. The molecule has 2 aromatic rings. The van der Waals surface area contributed by atoms with Crippen LogP contribution in [0.25, 0.3) is 0 Å². The highest BCUT2D eigenvalue weighted by Gasteiger charge is 2.11. The third-order valence-electron chi connectivity index (χ3n) is 2.40. The molecule has 2 heterocycles. The zero-order valence-electron chi connectivity index (χ0n) is 10.2. The Morgan fingerprint density at radius 2 is 2.28 bits per heavy atom. The number of hydrogen-bond donors (Lipinski definition) is 1. The molecular formula is C12H14IN3OS. The zero-order chi connectivity index (χ0) is 13.0. The molecule has 0 radical (unpaired) electrons. The van der Waals surface area contributed by atoms with E-state index in [-0.39, 0.29) is 0 Å². The van der Waals surface area contributed by atoms with Gasteiger partial charge in [-0.25, -0.2) is 9.97 Å². The molecule has 0 fully saturated rings. The van der Waals surface area contributed by atoms with Gasteiger partial charge in [0, 0.05) is 25.5 Å². The van der Waals surface area contributed by atoms with Crippen LogP contribution in [-0.4, -0.2) is 24.1 Å². The quantitative estimate of drug-likeness (QED) is 0.817. The monoisotopic (exact) mass is 375 g/mol. The molecule has 4 nitrogen and oxygen atoms in total. The summed E-state index contributed by atoms with van der Waals surface area (Å²) in [5.41, 5.74) is 0.934. The van der Waals surface area contributed by atoms with Crippen molar-refractivity contribution in [3.8, 4) is 0 Å². The van der Waals surface area contributed by atoms with Crippen LogP contribution >= 0.6 is 33.9 Å². The fourth-order valence-corrected chi connectivity index (χ4v) is 2.96. The molecule has 1 N–H and O–H groups in total. The van der Waals surface area contributed by atoms with E-state index in [9.17, 15) is 0 Å². The zero-order valence-corrected chi connectivity index (χ0v) is 13.2. The lowest BCUT2D eigenvalue weighted by molar-refractivity contribution is 0.180. The van der Waals surface area contributed by atoms with Crippen molar-refractivity contribution >= 4 is 39.7 Å². The fourth-order valence-electron chi connectivity index (χ4n) is 1.59. The number of rotatable bonds is 5. The minimum atomic E-state index is 0.507. The SMILES string of the molecule is CNc1nc(Cc2cccs2)nc(COC)c1I. The second kappa shape index (κ2) is 6.44. The van der Waals surface area contributed by atoms with Gasteiger partial charge in [-0.2, -0.15) is 0 Å². The summed E-state index contributed by atoms with van der Waals surface area (Å²) in [6.07, 6.45) is 0.764. The molecule has 0 bridgehead atoms. The van der Waals surface area contributed by atoms with Crippen LogP contribution in [0.4, 0.5) is 5.82 Å². The number of methoxy groups -OCH3 is 1. The Morgan fingerprint density at radius 1 is 1.44 bits per heavy atom. The predicted molar refractivity (Wildman–Crippen MR) is 82.1 cm³/mol. The molecule has 0 aliphatic rings. The highest BCUT2D eigenvalue weighted by molar-refractivity contribution is 14.1. The second-order valence-electron chi connectivity index (χ2n) is 3.69. The summed E-state index contributed by atoms with van der Waals surface area (Å²) in [5, 5.41) is 5.17. The lowest BCUT2D eigenvalue weighted by Gasteiger charge is -2.10. The predicted octanol–water partition coefficient (Wildman–Crippen LogP) is 2.92. The number of nitrogens with zero attached hydrogens (tertiary/aromatic N) is 2. The van der Waals surface area contributed by atoms with E-state index in [1.165, 1.54) is 4.88 Å². The standard InChI is InChI=1S/C12H14IN3OS/c1-14-12-11(13)9(7-17-2)15-10(16-12)6-8-4-3-5-18-8/h3-5H,6-7H2,1-2H3,(H,14,15,16). The van der Waals surface area contributed by atoms with Gasteiger partial charge < -0.3 is 10.1 Å². The Kier molecular flexibility index (Phi) is 4.90. The van der Waals surface area contributed by atoms with E-state index in [1.807, 2.05) is 13.1 Å². The highest BCUT2D eigenvalue weighted by Crippen LogP contribution is 2.21. The summed E-state index contributed by atoms with van der Waals surface area (Å²) in [6.45, 7) is 0.507. The van der Waals surface area contributed by atoms with Crippen molar-refractivity contribution in [1.29, 1.82) is 0 Å². The van der Waals surface area contributed by atoms with E-state index in [4.69, 9.17) is 4.74 Å². The van der Waals surface area contributed by atoms with Gasteiger partial charge in [0.2, 0.25) is 0 Å². The molecule has 0 spiro atoms. The van der Waals surface area contributed by atoms with E-state index in [2.05, 4.69) is 49.3 Å². The van der Waals surface area contributed by atoms with Gasteiger partial charge in [-0.15, -0.1) is 11.3 Å². The molecule has 2 aromatic heterocycles. The van der Waals surface area contributed by atoms with Crippen LogP contribution in [0.2, 0.25) is 0 Å². The molecule has 0 atom stereocenters. The molecule has 2 rings (SSSR count). The first-order chi connectivity index (χ1) is 8.74. The molecule has 0 unspecified atom stereocenters. The summed E-state index contributed by atoms with van der Waals surface area (Å²) in [7, 11) is 3.55. The largest absolute Gasteiger partial charge is 0.378 e. The van der Waals surface area contributed by atoms with Gasteiger partial charge >= 0.3 is 0 Å². The van der Waals surface area contributed by atoms with Crippen LogP contribution in [0.5, 0.6) is 0 Å². The molecule has 96 valence electrons. The number of hydrogen-bond acceptors (Lipinski definition) is 5. The van der Waals surface area contributed by atoms with Crippen molar-refractivity contribution in [1.82, 2.24) is 9.97 Å². The Morgan fingerprint density at radius 3 is 2.89 bits per heavy atom. The van der Waals surface area contributed by atoms with Crippen molar-refractivity contribution in [3.63, 3.8) is 0 Å². The van der Waals surface area contributed by atoms with Gasteiger partial charge in [-0.1, -0.05) is 6.07 Å². The van der Waals surface area contributed by atoms with E-state index < -0.39 is 0 Å². The number of thiophene rings is 1. The van der Waals surface area contributed by atoms with Gasteiger partial charge in [0.05, 0.1) is 15.9 Å². The average molecular weight is 375 g/mol. The molecule has 0 aliphatic heterocycles. The summed E-state index contributed by atoms with van der Waals surface area (Å²) in [4.78, 5) is 10.4. The van der Waals surface area contributed by atoms with E-state index >= 15 is 0 Å². The van der Waals surface area contributed by atoms with Gasteiger partial charge in [-0.3, -0.25) is 0 Å². The Balaban J connectivity index is 2.32. The van der Waals surface area contributed by atoms with Crippen molar-refractivity contribution < 1.29 is 4.74 Å². The first-order valence-electron chi connectivity index (χ1n) is 5.49. The van der Waals surface area contributed by atoms with Crippen LogP contribution in [0.3, 0.4) is 0 Å². The minimum absolute atomic E-state index is 0.507. The summed E-state index contributed by atoms with van der Waals surface area (Å²) >= 11 is 3.97. The van der Waals surface area contributed by atoms with Crippen molar-refractivity contribution in [2.45, 2.75) is 13.0 Å². The maximum absolute atomic E-state index is 5.18. The Labute approximate surface area is 124 Å². The maximum atomic E-state index is 5.18. The Hall–Kier alpha value is -0.730. The van der Waals surface area contributed by atoms with Gasteiger partial charge in [0.25, 0.3) is 0 Å². The van der Waals surface area contributed by atoms with Crippen molar-refractivity contribution in [3.05, 3.63) is 37.5 Å². The van der Waals surface area contributed by atoms with Crippen molar-refractivity contribution in [2.75, 3.05) is 19.5 Å². The summed E-state index contributed by atoms with van der Waals surface area (Å²) in [6, 6.07) is 4.14. The third kappa shape index (κ3) is 3.18. The lowest BCUT2D eigenvalue weighted by Crippen LogP contribution is -2.08. The van der Waals surface area contributed by atoms with E-state index in [0.717, 1.165) is 27.3 Å². The number of aromatic nitrogens is 2. The normalized spacial score (nSPS) is 10.6. The molecule has 0 saturated carbocycles. The fraction of sp³-hybridized carbons (Fsp3) is 0.333. The van der Waals surface area contributed by atoms with Crippen LogP contribution in [0.1, 0.15) is 16.4 Å². The molecule has 0 aliphatic carbocycles. The van der Waals surface area contributed by atoms with E-state index in [0.29, 0.717) is 6.61 Å². The van der Waals surface area contributed by atoms with Gasteiger partial charge in [0.1, 0.15) is 11.6 Å². The minimum Gasteiger partial charge on any atom is -0.378 e. The smallest absolute Gasteiger partial charge is 0.143 e. The van der Waals surface area contributed by atoms with E-state index in [1.54, 1.807) is 18.4 Å². The third-order valence-corrected chi connectivity index (χ3v) is 4.41. The Bertz CT molecular complexity index is 516. The van der Waals surface area contributed by atoms with Crippen LogP contribution in [-0.2, 0) is 17.8 Å². The van der Waals surface area contributed by atoms with Crippen molar-refractivity contribution in [2.24, 2.45) is 0 Å². The van der Waals surface area contributed by atoms with Crippen LogP contribution in [0, 0.1) is 3.57 Å². The highest BCUT2D eigenvalue weighted by atomic mass is 127. The molecule has 0 aromatic carbocycles. The molecule has 0 saturated heterocycles. The molecule has 6 heteroatoms. The second-order valence-corrected chi connectivity index (χ2v) is 5.80. The number of ether oxygens (including phenoxy) is 1. The topological polar surface area (TPSA) is 47.0 Å². The summed E-state index contributed by atoms with van der Waals surface area (Å²) < 4.78 is 6.20. The number of halogens is 1. The first-order valence-corrected chi connectivity index (χ1v) is 7.44. The maximum Gasteiger partial charge on any atom is 0.143 e. The van der Waals surface area contributed by atoms with Crippen LogP contribution < -0.4 is 5.32 Å². The number of nitrogens with one attached hydrogen (secondary N) is 1. The summed E-state index contributed by atoms with van der Waals surface area (Å²) in [5.74, 6) is 1.69. The first kappa shape index (κ1) is 13.7. The molecule has 0 amide bonds. The van der Waals surface area contributed by atoms with Crippen LogP contribution in [0.15, 0.2) is 17.5 Å². The van der Waals surface area contributed by atoms with Gasteiger partial charge in [-0.05, 0) is 34.0 Å².